The number of carbonyl (C=O) groups is 1. The van der Waals surface area contributed by atoms with E-state index in [1.165, 1.54) is 18.2 Å². The van der Waals surface area contributed by atoms with Crippen molar-refractivity contribution >= 4 is 33.7 Å². The summed E-state index contributed by atoms with van der Waals surface area (Å²) < 4.78 is 7.25. The monoisotopic (exact) mass is 517 g/mol. The van der Waals surface area contributed by atoms with Crippen LogP contribution in [0.25, 0.3) is 21.9 Å². The fourth-order valence-corrected chi connectivity index (χ4v) is 4.69. The molecule has 2 heterocycles. The lowest BCUT2D eigenvalue weighted by Gasteiger charge is -2.18. The van der Waals surface area contributed by atoms with E-state index < -0.39 is 0 Å². The fraction of sp³-hybridized carbons (Fsp3) is 0.452. The lowest BCUT2D eigenvalue weighted by atomic mass is 10.1. The fourth-order valence-electron chi connectivity index (χ4n) is 4.69. The zero-order chi connectivity index (χ0) is 27.7. The Kier molecular flexibility index (Phi) is 10.7. The van der Waals surface area contributed by atoms with Crippen molar-refractivity contribution in [3.8, 4) is 0 Å². The summed E-state index contributed by atoms with van der Waals surface area (Å²) in [5.74, 6) is 1.40. The van der Waals surface area contributed by atoms with Crippen LogP contribution in [-0.2, 0) is 24.2 Å². The van der Waals surface area contributed by atoms with Gasteiger partial charge >= 0.3 is 5.97 Å². The molecule has 0 saturated carbocycles. The SMILES string of the molecule is CC.CCCCc1nc2c(NC)nc3cc(C(=O)OC)ccc3c2n1Cc1ccc(CN(CC)CC)cc1. The topological polar surface area (TPSA) is 72.3 Å². The number of hydrogen-bond donors (Lipinski definition) is 1. The predicted molar refractivity (Wildman–Crippen MR) is 158 cm³/mol. The number of rotatable bonds is 11. The van der Waals surface area contributed by atoms with Gasteiger partial charge in [-0.15, -0.1) is 0 Å². The number of carbonyl (C=O) groups excluding carboxylic acids is 1. The maximum atomic E-state index is 12.2. The van der Waals surface area contributed by atoms with Gasteiger partial charge in [-0.2, -0.15) is 0 Å². The summed E-state index contributed by atoms with van der Waals surface area (Å²) in [6.45, 7) is 14.4. The second-order valence-electron chi connectivity index (χ2n) is 9.13. The van der Waals surface area contributed by atoms with Crippen LogP contribution in [0, 0.1) is 0 Å². The van der Waals surface area contributed by atoms with Crippen LogP contribution >= 0.6 is 0 Å². The smallest absolute Gasteiger partial charge is 0.337 e. The number of imidazole rings is 1. The Balaban J connectivity index is 0.00000195. The van der Waals surface area contributed by atoms with Crippen LogP contribution < -0.4 is 5.32 Å². The molecular weight excluding hydrogens is 474 g/mol. The quantitative estimate of drug-likeness (QED) is 0.224. The molecule has 7 nitrogen and oxygen atoms in total. The molecule has 0 spiro atoms. The van der Waals surface area contributed by atoms with Crippen LogP contribution in [0.1, 0.15) is 74.8 Å². The minimum absolute atomic E-state index is 0.369. The van der Waals surface area contributed by atoms with Crippen molar-refractivity contribution in [3.05, 3.63) is 65.0 Å². The highest BCUT2D eigenvalue weighted by Crippen LogP contribution is 2.32. The lowest BCUT2D eigenvalue weighted by molar-refractivity contribution is 0.0601. The van der Waals surface area contributed by atoms with Gasteiger partial charge in [-0.25, -0.2) is 14.8 Å². The molecule has 0 amide bonds. The molecule has 1 N–H and O–H groups in total. The van der Waals surface area contributed by atoms with Gasteiger partial charge in [-0.1, -0.05) is 65.3 Å². The maximum absolute atomic E-state index is 12.2. The largest absolute Gasteiger partial charge is 0.465 e. The zero-order valence-corrected chi connectivity index (χ0v) is 24.1. The summed E-state index contributed by atoms with van der Waals surface area (Å²) in [7, 11) is 3.25. The normalized spacial score (nSPS) is 11.1. The molecular formula is C31H43N5O2. The van der Waals surface area contributed by atoms with E-state index in [4.69, 9.17) is 14.7 Å². The second kappa shape index (κ2) is 13.9. The molecule has 4 rings (SSSR count). The number of benzene rings is 2. The van der Waals surface area contributed by atoms with Gasteiger partial charge in [0.1, 0.15) is 11.3 Å². The molecule has 0 fully saturated rings. The molecule has 7 heteroatoms. The Labute approximate surface area is 227 Å². The highest BCUT2D eigenvalue weighted by molar-refractivity contribution is 6.08. The summed E-state index contributed by atoms with van der Waals surface area (Å²) >= 11 is 0. The Morgan fingerprint density at radius 2 is 1.68 bits per heavy atom. The van der Waals surface area contributed by atoms with Gasteiger partial charge in [0.25, 0.3) is 0 Å². The number of hydrogen-bond acceptors (Lipinski definition) is 6. The number of fused-ring (bicyclic) bond motifs is 3. The number of nitrogens with one attached hydrogen (secondary N) is 1. The van der Waals surface area contributed by atoms with E-state index in [9.17, 15) is 4.79 Å². The molecule has 0 aliphatic rings. The van der Waals surface area contributed by atoms with Crippen LogP contribution in [0.4, 0.5) is 5.82 Å². The summed E-state index contributed by atoms with van der Waals surface area (Å²) in [6, 6.07) is 14.5. The highest BCUT2D eigenvalue weighted by atomic mass is 16.5. The zero-order valence-electron chi connectivity index (χ0n) is 24.1. The molecule has 2 aromatic carbocycles. The van der Waals surface area contributed by atoms with Gasteiger partial charge < -0.3 is 14.6 Å². The first-order valence-corrected chi connectivity index (χ1v) is 13.9. The molecule has 4 aromatic rings. The average Bonchev–Trinajstić information content (AvgIpc) is 3.33. The van der Waals surface area contributed by atoms with E-state index >= 15 is 0 Å². The summed E-state index contributed by atoms with van der Waals surface area (Å²) in [5.41, 5.74) is 5.69. The third-order valence-corrected chi connectivity index (χ3v) is 6.83. The predicted octanol–water partition coefficient (Wildman–Crippen LogP) is 6.67. The Morgan fingerprint density at radius 3 is 2.29 bits per heavy atom. The van der Waals surface area contributed by atoms with E-state index in [0.717, 1.165) is 73.2 Å². The van der Waals surface area contributed by atoms with E-state index in [1.807, 2.05) is 27.0 Å². The first-order valence-electron chi connectivity index (χ1n) is 13.9. The number of pyridine rings is 1. The minimum Gasteiger partial charge on any atom is -0.465 e. The number of unbranched alkanes of at least 4 members (excludes halogenated alkanes) is 1. The standard InChI is InChI=1S/C29H37N5O2.C2H6/c1-6-9-10-25-32-26-27(23-16-15-22(29(35)36-5)17-24(23)31-28(26)30-4)34(25)19-21-13-11-20(12-14-21)18-33(7-2)8-3;1-2/h11-17H,6-10,18-19H2,1-5H3,(H,30,31);1-2H3. The number of anilines is 1. The van der Waals surface area contributed by atoms with E-state index in [0.29, 0.717) is 11.4 Å². The van der Waals surface area contributed by atoms with Crippen LogP contribution in [0.5, 0.6) is 0 Å². The van der Waals surface area contributed by atoms with Crippen molar-refractivity contribution in [3.63, 3.8) is 0 Å². The number of esters is 1. The van der Waals surface area contributed by atoms with Crippen LogP contribution in [0.2, 0.25) is 0 Å². The molecule has 204 valence electrons. The van der Waals surface area contributed by atoms with Gasteiger partial charge in [0.15, 0.2) is 5.82 Å². The number of aryl methyl sites for hydroxylation is 1. The Morgan fingerprint density at radius 1 is 1.00 bits per heavy atom. The Bertz CT molecular complexity index is 1340. The molecule has 0 unspecified atom stereocenters. The molecule has 0 aliphatic heterocycles. The highest BCUT2D eigenvalue weighted by Gasteiger charge is 2.19. The first-order chi connectivity index (χ1) is 18.5. The van der Waals surface area contributed by atoms with Gasteiger partial charge in [0.05, 0.1) is 23.7 Å². The van der Waals surface area contributed by atoms with Crippen molar-refractivity contribution in [2.75, 3.05) is 32.6 Å². The van der Waals surface area contributed by atoms with Crippen molar-refractivity contribution < 1.29 is 9.53 Å². The van der Waals surface area contributed by atoms with Crippen molar-refractivity contribution in [2.45, 2.75) is 67.0 Å². The van der Waals surface area contributed by atoms with Crippen LogP contribution in [-0.4, -0.2) is 52.7 Å². The van der Waals surface area contributed by atoms with Crippen molar-refractivity contribution in [1.29, 1.82) is 0 Å². The third-order valence-electron chi connectivity index (χ3n) is 6.83. The van der Waals surface area contributed by atoms with Gasteiger partial charge in [-0.3, -0.25) is 4.90 Å². The third kappa shape index (κ3) is 6.33. The molecule has 0 radical (unpaired) electrons. The number of ether oxygens (including phenoxy) is 1. The average molecular weight is 518 g/mol. The van der Waals surface area contributed by atoms with Gasteiger partial charge in [0, 0.05) is 31.9 Å². The van der Waals surface area contributed by atoms with E-state index in [1.54, 1.807) is 12.1 Å². The summed E-state index contributed by atoms with van der Waals surface area (Å²) in [5, 5.41) is 4.19. The number of nitrogens with zero attached hydrogens (tertiary/aromatic N) is 4. The minimum atomic E-state index is -0.369. The molecule has 38 heavy (non-hydrogen) atoms. The van der Waals surface area contributed by atoms with Crippen LogP contribution in [0.15, 0.2) is 42.5 Å². The molecule has 0 atom stereocenters. The number of aromatic nitrogens is 3. The van der Waals surface area contributed by atoms with E-state index in [-0.39, 0.29) is 5.97 Å². The Hall–Kier alpha value is -3.45. The van der Waals surface area contributed by atoms with Gasteiger partial charge in [0.2, 0.25) is 0 Å². The summed E-state index contributed by atoms with van der Waals surface area (Å²) in [4.78, 5) is 24.4. The first kappa shape index (κ1) is 29.1. The molecule has 0 saturated heterocycles. The molecule has 2 aromatic heterocycles. The van der Waals surface area contributed by atoms with Crippen molar-refractivity contribution in [2.24, 2.45) is 0 Å². The molecule has 0 aliphatic carbocycles. The maximum Gasteiger partial charge on any atom is 0.337 e. The second-order valence-corrected chi connectivity index (χ2v) is 9.13. The van der Waals surface area contributed by atoms with Crippen molar-refractivity contribution in [1.82, 2.24) is 19.4 Å². The molecule has 0 bridgehead atoms. The number of methoxy groups -OCH3 is 1. The summed E-state index contributed by atoms with van der Waals surface area (Å²) in [6.07, 6.45) is 3.07. The van der Waals surface area contributed by atoms with Gasteiger partial charge in [-0.05, 0) is 48.8 Å². The van der Waals surface area contributed by atoms with Crippen LogP contribution in [0.3, 0.4) is 0 Å². The lowest BCUT2D eigenvalue weighted by Crippen LogP contribution is -2.22. The van der Waals surface area contributed by atoms with E-state index in [2.05, 4.69) is 59.8 Å².